The molecule has 0 bridgehead atoms. The van der Waals surface area contributed by atoms with Gasteiger partial charge in [0.15, 0.2) is 10.3 Å². The lowest BCUT2D eigenvalue weighted by atomic mass is 10.2. The van der Waals surface area contributed by atoms with Crippen molar-refractivity contribution in [1.29, 1.82) is 0 Å². The van der Waals surface area contributed by atoms with Gasteiger partial charge < -0.3 is 5.32 Å². The van der Waals surface area contributed by atoms with Gasteiger partial charge in [0, 0.05) is 23.4 Å². The highest BCUT2D eigenvalue weighted by molar-refractivity contribution is 7.98. The standard InChI is InChI=1S/C21H18N4OS2/c1-2-12-25-19(26)17-10-6-7-11-18(17)24-21(25)28-14-16-13-27-20(23-16)22-15-8-4-3-5-9-15/h2-11,13H,1,12,14H2,(H,22,23). The summed E-state index contributed by atoms with van der Waals surface area (Å²) < 4.78 is 1.66. The second-order valence-electron chi connectivity index (χ2n) is 6.04. The van der Waals surface area contributed by atoms with Gasteiger partial charge >= 0.3 is 0 Å². The van der Waals surface area contributed by atoms with Gasteiger partial charge in [-0.1, -0.05) is 48.2 Å². The van der Waals surface area contributed by atoms with E-state index in [-0.39, 0.29) is 5.56 Å². The molecule has 2 aromatic heterocycles. The zero-order valence-corrected chi connectivity index (χ0v) is 16.7. The second-order valence-corrected chi connectivity index (χ2v) is 7.84. The molecule has 0 atom stereocenters. The minimum Gasteiger partial charge on any atom is -0.332 e. The van der Waals surface area contributed by atoms with Crippen LogP contribution in [0, 0.1) is 0 Å². The van der Waals surface area contributed by atoms with Gasteiger partial charge in [-0.15, -0.1) is 17.9 Å². The molecule has 2 aromatic carbocycles. The Labute approximate surface area is 170 Å². The predicted molar refractivity (Wildman–Crippen MR) is 118 cm³/mol. The Kier molecular flexibility index (Phi) is 5.55. The minimum absolute atomic E-state index is 0.0438. The fourth-order valence-corrected chi connectivity index (χ4v) is 4.50. The van der Waals surface area contributed by atoms with Crippen LogP contribution in [0.2, 0.25) is 0 Å². The molecule has 4 rings (SSSR count). The first kappa shape index (κ1) is 18.5. The second kappa shape index (κ2) is 8.41. The molecule has 0 aliphatic rings. The number of para-hydroxylation sites is 2. The normalized spacial score (nSPS) is 10.9. The fourth-order valence-electron chi connectivity index (χ4n) is 2.76. The van der Waals surface area contributed by atoms with E-state index in [1.165, 1.54) is 11.8 Å². The molecule has 0 radical (unpaired) electrons. The van der Waals surface area contributed by atoms with E-state index in [0.29, 0.717) is 28.4 Å². The topological polar surface area (TPSA) is 59.8 Å². The summed E-state index contributed by atoms with van der Waals surface area (Å²) >= 11 is 3.07. The lowest BCUT2D eigenvalue weighted by Gasteiger charge is -2.10. The maximum atomic E-state index is 12.8. The third-order valence-electron chi connectivity index (χ3n) is 4.06. The Morgan fingerprint density at radius 1 is 1.11 bits per heavy atom. The molecule has 0 aliphatic carbocycles. The predicted octanol–water partition coefficient (Wildman–Crippen LogP) is 5.07. The Hall–Kier alpha value is -2.90. The van der Waals surface area contributed by atoms with Crippen molar-refractivity contribution in [3.63, 3.8) is 0 Å². The number of fused-ring (bicyclic) bond motifs is 1. The molecule has 7 heteroatoms. The molecule has 28 heavy (non-hydrogen) atoms. The number of anilines is 2. The lowest BCUT2D eigenvalue weighted by Crippen LogP contribution is -2.22. The van der Waals surface area contributed by atoms with Crippen LogP contribution < -0.4 is 10.9 Å². The smallest absolute Gasteiger partial charge is 0.262 e. The first-order valence-electron chi connectivity index (χ1n) is 8.74. The van der Waals surface area contributed by atoms with Crippen LogP contribution in [0.3, 0.4) is 0 Å². The van der Waals surface area contributed by atoms with Crippen molar-refractivity contribution in [3.05, 3.63) is 88.7 Å². The molecule has 0 aliphatic heterocycles. The lowest BCUT2D eigenvalue weighted by molar-refractivity contribution is 0.671. The van der Waals surface area contributed by atoms with Crippen molar-refractivity contribution in [2.24, 2.45) is 0 Å². The summed E-state index contributed by atoms with van der Waals surface area (Å²) in [7, 11) is 0. The summed E-state index contributed by atoms with van der Waals surface area (Å²) in [4.78, 5) is 22.1. The molecular weight excluding hydrogens is 388 g/mol. The average molecular weight is 407 g/mol. The number of aromatic nitrogens is 3. The molecule has 5 nitrogen and oxygen atoms in total. The van der Waals surface area contributed by atoms with Gasteiger partial charge in [-0.3, -0.25) is 9.36 Å². The number of rotatable bonds is 7. The molecular formula is C21H18N4OS2. The van der Waals surface area contributed by atoms with Crippen molar-refractivity contribution in [1.82, 2.24) is 14.5 Å². The maximum Gasteiger partial charge on any atom is 0.262 e. The van der Waals surface area contributed by atoms with Crippen LogP contribution in [-0.4, -0.2) is 14.5 Å². The third kappa shape index (κ3) is 4.00. The highest BCUT2D eigenvalue weighted by Gasteiger charge is 2.12. The van der Waals surface area contributed by atoms with Crippen LogP contribution >= 0.6 is 23.1 Å². The van der Waals surface area contributed by atoms with Crippen LogP contribution in [0.15, 0.2) is 82.6 Å². The number of thioether (sulfide) groups is 1. The van der Waals surface area contributed by atoms with E-state index in [0.717, 1.165) is 16.5 Å². The van der Waals surface area contributed by atoms with Crippen LogP contribution in [0.1, 0.15) is 5.69 Å². The summed E-state index contributed by atoms with van der Waals surface area (Å²) in [5.41, 5.74) is 2.62. The molecule has 4 aromatic rings. The first-order chi connectivity index (χ1) is 13.7. The number of benzene rings is 2. The van der Waals surface area contributed by atoms with Gasteiger partial charge in [0.1, 0.15) is 0 Å². The van der Waals surface area contributed by atoms with E-state index in [1.54, 1.807) is 28.0 Å². The molecule has 0 fully saturated rings. The maximum absolute atomic E-state index is 12.8. The zero-order valence-electron chi connectivity index (χ0n) is 15.0. The summed E-state index contributed by atoms with van der Waals surface area (Å²) in [6.07, 6.45) is 1.71. The molecule has 0 saturated heterocycles. The summed E-state index contributed by atoms with van der Waals surface area (Å²) in [6.45, 7) is 4.19. The van der Waals surface area contributed by atoms with E-state index in [1.807, 2.05) is 53.9 Å². The van der Waals surface area contributed by atoms with Crippen LogP contribution in [0.5, 0.6) is 0 Å². The number of nitrogens with zero attached hydrogens (tertiary/aromatic N) is 3. The van der Waals surface area contributed by atoms with E-state index in [4.69, 9.17) is 0 Å². The highest BCUT2D eigenvalue weighted by Crippen LogP contribution is 2.26. The van der Waals surface area contributed by atoms with Crippen molar-refractivity contribution in [2.45, 2.75) is 17.5 Å². The quantitative estimate of drug-likeness (QED) is 0.264. The third-order valence-corrected chi connectivity index (χ3v) is 5.88. The van der Waals surface area contributed by atoms with Gasteiger partial charge in [0.2, 0.25) is 0 Å². The molecule has 0 saturated carbocycles. The molecule has 0 amide bonds. The number of hydrogen-bond donors (Lipinski definition) is 1. The van der Waals surface area contributed by atoms with Crippen molar-refractivity contribution < 1.29 is 0 Å². The molecule has 2 heterocycles. The SMILES string of the molecule is C=CCn1c(SCc2csc(Nc3ccccc3)n2)nc2ccccc2c1=O. The van der Waals surface area contributed by atoms with Gasteiger partial charge in [-0.05, 0) is 24.3 Å². The van der Waals surface area contributed by atoms with E-state index in [2.05, 4.69) is 21.9 Å². The number of nitrogens with one attached hydrogen (secondary N) is 1. The summed E-state index contributed by atoms with van der Waals surface area (Å²) in [5, 5.41) is 7.47. The largest absolute Gasteiger partial charge is 0.332 e. The van der Waals surface area contributed by atoms with Gasteiger partial charge in [-0.25, -0.2) is 9.97 Å². The van der Waals surface area contributed by atoms with Gasteiger partial charge in [0.25, 0.3) is 5.56 Å². The zero-order chi connectivity index (χ0) is 19.3. The fraction of sp³-hybridized carbons (Fsp3) is 0.0952. The summed E-state index contributed by atoms with van der Waals surface area (Å²) in [6, 6.07) is 17.4. The van der Waals surface area contributed by atoms with Crippen molar-refractivity contribution >= 4 is 44.8 Å². The van der Waals surface area contributed by atoms with Crippen LogP contribution in [0.25, 0.3) is 10.9 Å². The summed E-state index contributed by atoms with van der Waals surface area (Å²) in [5.74, 6) is 0.634. The van der Waals surface area contributed by atoms with Crippen molar-refractivity contribution in [2.75, 3.05) is 5.32 Å². The monoisotopic (exact) mass is 406 g/mol. The van der Waals surface area contributed by atoms with E-state index in [9.17, 15) is 4.79 Å². The Morgan fingerprint density at radius 3 is 2.71 bits per heavy atom. The van der Waals surface area contributed by atoms with E-state index < -0.39 is 0 Å². The average Bonchev–Trinajstić information content (AvgIpc) is 3.17. The van der Waals surface area contributed by atoms with Crippen molar-refractivity contribution in [3.8, 4) is 0 Å². The molecule has 0 spiro atoms. The molecule has 1 N–H and O–H groups in total. The Balaban J connectivity index is 1.55. The number of thiazole rings is 1. The molecule has 140 valence electrons. The van der Waals surface area contributed by atoms with Gasteiger partial charge in [-0.2, -0.15) is 0 Å². The van der Waals surface area contributed by atoms with Crippen LogP contribution in [0.4, 0.5) is 10.8 Å². The first-order valence-corrected chi connectivity index (χ1v) is 10.6. The highest BCUT2D eigenvalue weighted by atomic mass is 32.2. The minimum atomic E-state index is -0.0438. The van der Waals surface area contributed by atoms with E-state index >= 15 is 0 Å². The number of allylic oxidation sites excluding steroid dienone is 1. The number of hydrogen-bond acceptors (Lipinski definition) is 6. The Bertz CT molecular complexity index is 1170. The Morgan fingerprint density at radius 2 is 1.89 bits per heavy atom. The van der Waals surface area contributed by atoms with Crippen LogP contribution in [-0.2, 0) is 12.3 Å². The molecule has 0 unspecified atom stereocenters. The van der Waals surface area contributed by atoms with Gasteiger partial charge in [0.05, 0.1) is 16.6 Å².